The Kier molecular flexibility index (Phi) is 4.27. The van der Waals surface area contributed by atoms with Crippen molar-refractivity contribution >= 4 is 23.4 Å². The lowest BCUT2D eigenvalue weighted by molar-refractivity contribution is -0.121. The number of carbonyl (C=O) groups is 1. The second-order valence-corrected chi connectivity index (χ2v) is 7.93. The minimum absolute atomic E-state index is 0.0683. The van der Waals surface area contributed by atoms with Gasteiger partial charge in [0.15, 0.2) is 0 Å². The number of amides is 1. The van der Waals surface area contributed by atoms with Crippen molar-refractivity contribution in [2.24, 2.45) is 11.7 Å². The highest BCUT2D eigenvalue weighted by Crippen LogP contribution is 2.39. The van der Waals surface area contributed by atoms with Crippen molar-refractivity contribution in [3.63, 3.8) is 0 Å². The molecule has 4 heteroatoms. The summed E-state index contributed by atoms with van der Waals surface area (Å²) >= 11 is 1.96. The summed E-state index contributed by atoms with van der Waals surface area (Å²) in [6.45, 7) is 1.84. The third-order valence-electron chi connectivity index (χ3n) is 4.63. The monoisotopic (exact) mass is 304 g/mol. The lowest BCUT2D eigenvalue weighted by atomic mass is 9.96. The topological polar surface area (TPSA) is 55.1 Å². The highest BCUT2D eigenvalue weighted by Gasteiger charge is 2.44. The number of carbonyl (C=O) groups excluding carboxylic acids is 1. The first-order valence-electron chi connectivity index (χ1n) is 7.93. The van der Waals surface area contributed by atoms with Gasteiger partial charge in [0.25, 0.3) is 0 Å². The Labute approximate surface area is 131 Å². The Balaban J connectivity index is 1.57. The van der Waals surface area contributed by atoms with Crippen LogP contribution in [0.15, 0.2) is 29.2 Å². The molecular weight excluding hydrogens is 280 g/mol. The number of nitrogens with two attached hydrogens (primary N) is 1. The summed E-state index contributed by atoms with van der Waals surface area (Å²) in [6, 6.07) is 8.17. The van der Waals surface area contributed by atoms with Gasteiger partial charge in [-0.25, -0.2) is 0 Å². The molecule has 2 aliphatic carbocycles. The van der Waals surface area contributed by atoms with Gasteiger partial charge < -0.3 is 11.1 Å². The maximum atomic E-state index is 12.2. The fourth-order valence-electron chi connectivity index (χ4n) is 2.95. The molecule has 3 N–H and O–H groups in total. The van der Waals surface area contributed by atoms with Crippen LogP contribution in [0.3, 0.4) is 0 Å². The number of nitrogens with one attached hydrogen (secondary N) is 1. The molecule has 1 atom stereocenters. The van der Waals surface area contributed by atoms with Crippen LogP contribution >= 0.6 is 11.8 Å². The summed E-state index contributed by atoms with van der Waals surface area (Å²) in [4.78, 5) is 13.5. The second-order valence-electron chi connectivity index (χ2n) is 6.56. The van der Waals surface area contributed by atoms with Gasteiger partial charge in [-0.1, -0.05) is 12.8 Å². The molecule has 3 nitrogen and oxygen atoms in total. The molecule has 2 saturated carbocycles. The molecule has 2 fully saturated rings. The van der Waals surface area contributed by atoms with E-state index in [0.717, 1.165) is 23.8 Å². The lowest BCUT2D eigenvalue weighted by Crippen LogP contribution is -2.50. The van der Waals surface area contributed by atoms with Crippen LogP contribution in [-0.2, 0) is 4.79 Å². The van der Waals surface area contributed by atoms with Gasteiger partial charge in [0.2, 0.25) is 5.91 Å². The largest absolute Gasteiger partial charge is 0.324 e. The van der Waals surface area contributed by atoms with E-state index in [-0.39, 0.29) is 5.91 Å². The molecule has 21 heavy (non-hydrogen) atoms. The Morgan fingerprint density at radius 1 is 1.19 bits per heavy atom. The van der Waals surface area contributed by atoms with Gasteiger partial charge in [-0.15, -0.1) is 11.8 Å². The van der Waals surface area contributed by atoms with E-state index in [1.807, 2.05) is 30.8 Å². The number of hydrogen-bond donors (Lipinski definition) is 2. The molecule has 1 unspecified atom stereocenters. The maximum absolute atomic E-state index is 12.2. The first kappa shape index (κ1) is 14.9. The molecule has 2 aliphatic rings. The number of anilines is 1. The number of rotatable bonds is 5. The predicted octanol–water partition coefficient (Wildman–Crippen LogP) is 3.79. The summed E-state index contributed by atoms with van der Waals surface area (Å²) in [5.74, 6) is 0.274. The number of hydrogen-bond acceptors (Lipinski definition) is 3. The summed E-state index contributed by atoms with van der Waals surface area (Å²) < 4.78 is 0. The van der Waals surface area contributed by atoms with Crippen LogP contribution in [0, 0.1) is 5.92 Å². The third kappa shape index (κ3) is 3.61. The van der Waals surface area contributed by atoms with Gasteiger partial charge in [0, 0.05) is 15.8 Å². The maximum Gasteiger partial charge on any atom is 0.244 e. The summed E-state index contributed by atoms with van der Waals surface area (Å²) in [5.41, 5.74) is 6.24. The zero-order valence-corrected chi connectivity index (χ0v) is 13.4. The summed E-state index contributed by atoms with van der Waals surface area (Å²) in [6.07, 6.45) is 7.52. The second kappa shape index (κ2) is 6.01. The molecule has 0 aliphatic heterocycles. The fourth-order valence-corrected chi connectivity index (χ4v) is 4.20. The van der Waals surface area contributed by atoms with E-state index in [0.29, 0.717) is 5.92 Å². The first-order chi connectivity index (χ1) is 10.1. The van der Waals surface area contributed by atoms with Crippen LogP contribution in [0.4, 0.5) is 5.69 Å². The Morgan fingerprint density at radius 2 is 1.81 bits per heavy atom. The Bertz CT molecular complexity index is 502. The molecule has 1 aromatic carbocycles. The molecular formula is C17H24N2OS. The van der Waals surface area contributed by atoms with Crippen molar-refractivity contribution in [2.75, 3.05) is 5.32 Å². The molecule has 0 radical (unpaired) electrons. The van der Waals surface area contributed by atoms with E-state index in [9.17, 15) is 4.79 Å². The van der Waals surface area contributed by atoms with Crippen molar-refractivity contribution in [2.45, 2.75) is 61.1 Å². The molecule has 0 aromatic heterocycles. The van der Waals surface area contributed by atoms with Gasteiger partial charge in [-0.3, -0.25) is 4.79 Å². The van der Waals surface area contributed by atoms with Crippen molar-refractivity contribution in [3.05, 3.63) is 24.3 Å². The van der Waals surface area contributed by atoms with E-state index in [1.165, 1.54) is 30.6 Å². The van der Waals surface area contributed by atoms with Crippen molar-refractivity contribution < 1.29 is 4.79 Å². The molecule has 0 saturated heterocycles. The van der Waals surface area contributed by atoms with E-state index in [1.54, 1.807) is 0 Å². The van der Waals surface area contributed by atoms with E-state index in [2.05, 4.69) is 17.4 Å². The van der Waals surface area contributed by atoms with E-state index < -0.39 is 5.54 Å². The molecule has 1 aromatic rings. The third-order valence-corrected chi connectivity index (χ3v) is 5.98. The molecule has 0 spiro atoms. The normalized spacial score (nSPS) is 22.0. The minimum atomic E-state index is -0.739. The van der Waals surface area contributed by atoms with Gasteiger partial charge in [-0.05, 0) is 62.8 Å². The van der Waals surface area contributed by atoms with Crippen molar-refractivity contribution in [1.29, 1.82) is 0 Å². The Hall–Kier alpha value is -1.00. The van der Waals surface area contributed by atoms with Crippen molar-refractivity contribution in [1.82, 2.24) is 0 Å². The van der Waals surface area contributed by atoms with Crippen LogP contribution < -0.4 is 11.1 Å². The smallest absolute Gasteiger partial charge is 0.244 e. The van der Waals surface area contributed by atoms with Gasteiger partial charge in [-0.2, -0.15) is 0 Å². The molecule has 0 heterocycles. The Morgan fingerprint density at radius 3 is 2.38 bits per heavy atom. The molecule has 0 bridgehead atoms. The first-order valence-corrected chi connectivity index (χ1v) is 8.81. The molecule has 3 rings (SSSR count). The van der Waals surface area contributed by atoms with Crippen LogP contribution in [-0.4, -0.2) is 16.7 Å². The van der Waals surface area contributed by atoms with Gasteiger partial charge in [0.1, 0.15) is 0 Å². The van der Waals surface area contributed by atoms with Crippen LogP contribution in [0.5, 0.6) is 0 Å². The van der Waals surface area contributed by atoms with Gasteiger partial charge >= 0.3 is 0 Å². The highest BCUT2D eigenvalue weighted by atomic mass is 32.2. The standard InChI is InChI=1S/C17H24N2OS/c1-17(18,12-6-7-12)16(20)19-13-8-10-15(11-9-13)21-14-4-2-3-5-14/h8-12,14H,2-7,18H2,1H3,(H,19,20). The van der Waals surface area contributed by atoms with E-state index in [4.69, 9.17) is 5.73 Å². The van der Waals surface area contributed by atoms with E-state index >= 15 is 0 Å². The van der Waals surface area contributed by atoms with Crippen LogP contribution in [0.2, 0.25) is 0 Å². The SMILES string of the molecule is CC(N)(C(=O)Nc1ccc(SC2CCCC2)cc1)C1CC1. The van der Waals surface area contributed by atoms with Crippen molar-refractivity contribution in [3.8, 4) is 0 Å². The minimum Gasteiger partial charge on any atom is -0.324 e. The lowest BCUT2D eigenvalue weighted by Gasteiger charge is -2.23. The van der Waals surface area contributed by atoms with Crippen LogP contribution in [0.1, 0.15) is 45.4 Å². The predicted molar refractivity (Wildman–Crippen MR) is 88.5 cm³/mol. The molecule has 1 amide bonds. The average molecular weight is 304 g/mol. The zero-order chi connectivity index (χ0) is 14.9. The number of thioether (sulfide) groups is 1. The fraction of sp³-hybridized carbons (Fsp3) is 0.588. The highest BCUT2D eigenvalue weighted by molar-refractivity contribution is 8.00. The summed E-state index contributed by atoms with van der Waals surface area (Å²) in [7, 11) is 0. The quantitative estimate of drug-likeness (QED) is 0.870. The number of benzene rings is 1. The van der Waals surface area contributed by atoms with Gasteiger partial charge in [0.05, 0.1) is 5.54 Å². The average Bonchev–Trinajstić information content (AvgIpc) is 3.21. The summed E-state index contributed by atoms with van der Waals surface area (Å²) in [5, 5.41) is 3.72. The zero-order valence-electron chi connectivity index (χ0n) is 12.6. The molecule has 114 valence electrons. The van der Waals surface area contributed by atoms with Crippen LogP contribution in [0.25, 0.3) is 0 Å².